The molecule has 56 heavy (non-hydrogen) atoms. The van der Waals surface area contributed by atoms with Crippen molar-refractivity contribution in [2.45, 2.75) is 89.0 Å². The fourth-order valence-electron chi connectivity index (χ4n) is 10.5. The van der Waals surface area contributed by atoms with Crippen LogP contribution >= 0.6 is 0 Å². The smallest absolute Gasteiger partial charge is 0.154 e. The second-order valence-electron chi connectivity index (χ2n) is 16.5. The van der Waals surface area contributed by atoms with Crippen molar-refractivity contribution < 1.29 is 4.42 Å². The molecule has 1 aromatic heterocycles. The summed E-state index contributed by atoms with van der Waals surface area (Å²) < 4.78 is 7.06. The van der Waals surface area contributed by atoms with Crippen LogP contribution < -0.4 is 15.5 Å². The zero-order chi connectivity index (χ0) is 37.0. The fraction of sp³-hybridized carbons (Fsp3) is 0.259. The standard InChI is InChI=1S/C54H49NO/c1-3-13-37(14-4-1)44-33-34-50(48-20-10-9-19-47(44)48)55(51-23-11-22-49-53-46(38-15-5-2-6-16-38)21-12-24-52(53)56-54(49)51)42-30-27-36(28-31-42)40-29-32-45-41(35-40)26-25-39-17-7-8-18-43(39)45/h3,5,8,10,12-16,18,20,22,24-30,32-35,42,46H,1-2,4,6-7,9,11,17,19,21,23,31H2. The molecule has 276 valence electrons. The van der Waals surface area contributed by atoms with Crippen molar-refractivity contribution >= 4 is 57.6 Å². The van der Waals surface area contributed by atoms with Gasteiger partial charge in [0, 0.05) is 28.0 Å². The van der Waals surface area contributed by atoms with Gasteiger partial charge in [0.1, 0.15) is 5.76 Å². The van der Waals surface area contributed by atoms with Crippen LogP contribution in [0.3, 0.4) is 0 Å². The number of allylic oxidation sites excluding steroid dienone is 13. The number of benzene rings is 3. The van der Waals surface area contributed by atoms with Crippen LogP contribution in [0.1, 0.15) is 115 Å². The van der Waals surface area contributed by atoms with Crippen molar-refractivity contribution in [3.05, 3.63) is 176 Å². The van der Waals surface area contributed by atoms with Crippen molar-refractivity contribution in [2.75, 3.05) is 4.90 Å². The molecule has 7 aliphatic rings. The van der Waals surface area contributed by atoms with Crippen LogP contribution in [-0.4, -0.2) is 6.04 Å². The van der Waals surface area contributed by atoms with Gasteiger partial charge in [-0.1, -0.05) is 121 Å². The third kappa shape index (κ3) is 5.76. The lowest BCUT2D eigenvalue weighted by Crippen LogP contribution is -2.41. The van der Waals surface area contributed by atoms with Crippen molar-refractivity contribution in [3.63, 3.8) is 0 Å². The van der Waals surface area contributed by atoms with Crippen LogP contribution in [0.15, 0.2) is 125 Å². The first-order valence-corrected chi connectivity index (χ1v) is 21.3. The summed E-state index contributed by atoms with van der Waals surface area (Å²) in [6, 6.07) is 16.7. The molecule has 2 atom stereocenters. The lowest BCUT2D eigenvalue weighted by atomic mass is 9.81. The molecule has 0 saturated heterocycles. The molecule has 2 unspecified atom stereocenters. The van der Waals surface area contributed by atoms with Crippen molar-refractivity contribution in [2.24, 2.45) is 0 Å². The molecule has 4 aromatic rings. The third-order valence-electron chi connectivity index (χ3n) is 13.2. The van der Waals surface area contributed by atoms with E-state index in [0.29, 0.717) is 5.92 Å². The molecule has 0 radical (unpaired) electrons. The monoisotopic (exact) mass is 727 g/mol. The number of fused-ring (bicyclic) bond motifs is 7. The number of rotatable bonds is 6. The number of anilines is 1. The lowest BCUT2D eigenvalue weighted by Gasteiger charge is -2.37. The Balaban J connectivity index is 1.04. The summed E-state index contributed by atoms with van der Waals surface area (Å²) in [4.78, 5) is 2.69. The lowest BCUT2D eigenvalue weighted by molar-refractivity contribution is 0.507. The van der Waals surface area contributed by atoms with Gasteiger partial charge < -0.3 is 9.32 Å². The average Bonchev–Trinajstić information content (AvgIpc) is 3.67. The summed E-state index contributed by atoms with van der Waals surface area (Å²) in [5, 5.41) is 4.01. The molecule has 0 aliphatic heterocycles. The summed E-state index contributed by atoms with van der Waals surface area (Å²) in [5.74, 6) is 1.39. The van der Waals surface area contributed by atoms with Gasteiger partial charge in [-0.3, -0.25) is 0 Å². The number of hydrogen-bond donors (Lipinski definition) is 0. The highest BCUT2D eigenvalue weighted by Crippen LogP contribution is 2.42. The molecule has 0 spiro atoms. The average molecular weight is 728 g/mol. The summed E-state index contributed by atoms with van der Waals surface area (Å²) in [6.45, 7) is 0. The van der Waals surface area contributed by atoms with E-state index in [-0.39, 0.29) is 6.04 Å². The summed E-state index contributed by atoms with van der Waals surface area (Å²) >= 11 is 0. The predicted molar refractivity (Wildman–Crippen MR) is 237 cm³/mol. The molecule has 1 heterocycles. The van der Waals surface area contributed by atoms with E-state index in [4.69, 9.17) is 4.42 Å². The quantitative estimate of drug-likeness (QED) is 0.197. The Kier molecular flexibility index (Phi) is 8.53. The molecule has 2 heteroatoms. The van der Waals surface area contributed by atoms with Gasteiger partial charge in [0.05, 0.1) is 11.7 Å². The van der Waals surface area contributed by atoms with E-state index >= 15 is 0 Å². The Bertz CT molecular complexity index is 2710. The Morgan fingerprint density at radius 2 is 1.48 bits per heavy atom. The van der Waals surface area contributed by atoms with Crippen molar-refractivity contribution in [1.82, 2.24) is 0 Å². The Hall–Kier alpha value is -5.60. The van der Waals surface area contributed by atoms with E-state index in [1.807, 2.05) is 0 Å². The SMILES string of the molecule is C1=CC(c2ccc(N(C3=c4oc5c(c4=CCC3)C(C3=CCCC=C3)CC=C5)C3C=CC(c4ccc5c6c(ccc5c4)CCC=C6)=CC3)c3c2CCC=C3)=CCC1. The summed E-state index contributed by atoms with van der Waals surface area (Å²) in [7, 11) is 0. The molecule has 0 fully saturated rings. The molecule has 0 bridgehead atoms. The van der Waals surface area contributed by atoms with Gasteiger partial charge in [-0.05, 0) is 151 Å². The van der Waals surface area contributed by atoms with Crippen LogP contribution in [0.5, 0.6) is 0 Å². The van der Waals surface area contributed by atoms with Crippen LogP contribution in [0.2, 0.25) is 0 Å². The largest absolute Gasteiger partial charge is 0.455 e. The second-order valence-corrected chi connectivity index (χ2v) is 16.5. The normalized spacial score (nSPS) is 21.8. The highest BCUT2D eigenvalue weighted by molar-refractivity contribution is 5.95. The maximum atomic E-state index is 7.06. The fourth-order valence-corrected chi connectivity index (χ4v) is 10.5. The molecule has 0 N–H and O–H groups in total. The molecule has 7 aliphatic carbocycles. The third-order valence-corrected chi connectivity index (χ3v) is 13.2. The van der Waals surface area contributed by atoms with E-state index in [0.717, 1.165) is 88.2 Å². The number of hydrogen-bond acceptors (Lipinski definition) is 2. The second kappa shape index (κ2) is 14.2. The zero-order valence-electron chi connectivity index (χ0n) is 32.3. The van der Waals surface area contributed by atoms with Gasteiger partial charge in [0.25, 0.3) is 0 Å². The van der Waals surface area contributed by atoms with E-state index in [1.54, 1.807) is 0 Å². The Morgan fingerprint density at radius 1 is 0.607 bits per heavy atom. The van der Waals surface area contributed by atoms with Gasteiger partial charge in [0.15, 0.2) is 5.42 Å². The summed E-state index contributed by atoms with van der Waals surface area (Å²) in [6.07, 6.45) is 51.0. The molecule has 3 aromatic carbocycles. The van der Waals surface area contributed by atoms with E-state index in [2.05, 4.69) is 145 Å². The topological polar surface area (TPSA) is 16.4 Å². The highest BCUT2D eigenvalue weighted by atomic mass is 16.3. The predicted octanol–water partition coefficient (Wildman–Crippen LogP) is 12.5. The Labute approximate surface area is 331 Å². The first-order valence-electron chi connectivity index (χ1n) is 21.3. The van der Waals surface area contributed by atoms with Crippen LogP contribution in [-0.2, 0) is 12.8 Å². The van der Waals surface area contributed by atoms with Crippen molar-refractivity contribution in [1.29, 1.82) is 0 Å². The molecule has 11 rings (SSSR count). The van der Waals surface area contributed by atoms with Gasteiger partial charge in [0.2, 0.25) is 0 Å². The molecular weight excluding hydrogens is 679 g/mol. The van der Waals surface area contributed by atoms with Crippen LogP contribution in [0.4, 0.5) is 5.69 Å². The first kappa shape index (κ1) is 33.7. The number of aryl methyl sites for hydroxylation is 1. The molecular formula is C54H49NO. The van der Waals surface area contributed by atoms with Gasteiger partial charge in [-0.15, -0.1) is 0 Å². The molecule has 2 nitrogen and oxygen atoms in total. The zero-order valence-corrected chi connectivity index (χ0v) is 32.3. The Morgan fingerprint density at radius 3 is 2.34 bits per heavy atom. The van der Waals surface area contributed by atoms with E-state index in [9.17, 15) is 0 Å². The van der Waals surface area contributed by atoms with E-state index in [1.165, 1.54) is 83.0 Å². The maximum Gasteiger partial charge on any atom is 0.154 e. The minimum Gasteiger partial charge on any atom is -0.455 e. The minimum absolute atomic E-state index is 0.161. The maximum absolute atomic E-state index is 7.06. The first-order chi connectivity index (χ1) is 27.8. The van der Waals surface area contributed by atoms with Gasteiger partial charge in [-0.25, -0.2) is 0 Å². The number of nitrogens with zero attached hydrogens (tertiary/aromatic N) is 1. The number of furan rings is 1. The van der Waals surface area contributed by atoms with E-state index < -0.39 is 0 Å². The van der Waals surface area contributed by atoms with Crippen LogP contribution in [0, 0.1) is 0 Å². The highest BCUT2D eigenvalue weighted by Gasteiger charge is 2.32. The minimum atomic E-state index is 0.161. The van der Waals surface area contributed by atoms with Crippen molar-refractivity contribution in [3.8, 4) is 0 Å². The van der Waals surface area contributed by atoms with Crippen LogP contribution in [0.25, 0.3) is 51.9 Å². The van der Waals surface area contributed by atoms with Gasteiger partial charge >= 0.3 is 0 Å². The van der Waals surface area contributed by atoms with Gasteiger partial charge in [-0.2, -0.15) is 0 Å². The molecule has 0 saturated carbocycles. The summed E-state index contributed by atoms with van der Waals surface area (Å²) in [5.41, 5.74) is 17.6. The molecule has 0 amide bonds.